The number of carbonyl (C=O) groups is 1. The molecule has 2 amide bonds. The Kier molecular flexibility index (Phi) is 6.87. The number of allylic oxidation sites excluding steroid dienone is 1. The van der Waals surface area contributed by atoms with Gasteiger partial charge in [-0.25, -0.2) is 0 Å². The number of fused-ring (bicyclic) bond motifs is 2. The van der Waals surface area contributed by atoms with Crippen molar-refractivity contribution < 1.29 is 25.9 Å². The van der Waals surface area contributed by atoms with Gasteiger partial charge in [0.05, 0.1) is 0 Å². The van der Waals surface area contributed by atoms with Gasteiger partial charge in [-0.1, -0.05) is 0 Å². The first-order valence-electron chi connectivity index (χ1n) is 13.0. The van der Waals surface area contributed by atoms with Gasteiger partial charge in [0.2, 0.25) is 0 Å². The molecule has 6 rings (SSSR count). The number of hydrogen-bond donors (Lipinski definition) is 0. The van der Waals surface area contributed by atoms with E-state index in [9.17, 15) is 13.2 Å². The van der Waals surface area contributed by atoms with Crippen LogP contribution in [0.2, 0.25) is 0 Å². The van der Waals surface area contributed by atoms with E-state index in [0.29, 0.717) is 27.2 Å². The Labute approximate surface area is 238 Å². The molecule has 1 aromatic heterocycles. The molecular formula is C30H28N3O6PS. The van der Waals surface area contributed by atoms with Crippen molar-refractivity contribution in [1.29, 1.82) is 0 Å². The molecule has 0 aliphatic carbocycles. The molecule has 0 saturated carbocycles. The minimum absolute atomic E-state index is 0.237. The standard InChI is InChI=1S/C30H28N3O6PS/c1-2-18-40(26-12-6-3-7-13-26,27-14-8-4-9-15-27,28-16-10-5-11-17-28)39-41(35,36)38-33-25-19-24(29-20-31-23-37-29)21-32(22-25)30(33)34/h2-20,23,25H,21-22H2,1H3. The molecule has 2 aliphatic heterocycles. The van der Waals surface area contributed by atoms with Crippen LogP contribution in [0.15, 0.2) is 126 Å². The number of oxazole rings is 1. The molecule has 1 atom stereocenters. The van der Waals surface area contributed by atoms with Crippen molar-refractivity contribution in [2.24, 2.45) is 0 Å². The van der Waals surface area contributed by atoms with Crippen LogP contribution in [0.3, 0.4) is 0 Å². The first kappa shape index (κ1) is 27.1. The summed E-state index contributed by atoms with van der Waals surface area (Å²) in [7, 11) is -4.87. The van der Waals surface area contributed by atoms with E-state index < -0.39 is 29.3 Å². The van der Waals surface area contributed by atoms with Gasteiger partial charge >= 0.3 is 239 Å². The molecule has 0 N–H and O–H groups in total. The molecule has 9 nitrogen and oxygen atoms in total. The van der Waals surface area contributed by atoms with Crippen molar-refractivity contribution in [2.45, 2.75) is 13.0 Å². The zero-order valence-corrected chi connectivity index (χ0v) is 23.9. The number of aromatic nitrogens is 1. The number of hydrogen-bond acceptors (Lipinski definition) is 7. The molecule has 0 spiro atoms. The second kappa shape index (κ2) is 10.4. The van der Waals surface area contributed by atoms with Crippen molar-refractivity contribution in [2.75, 3.05) is 13.1 Å². The van der Waals surface area contributed by atoms with Crippen molar-refractivity contribution in [3.05, 3.63) is 127 Å². The molecule has 210 valence electrons. The topological polar surface area (TPSA) is 102 Å². The quantitative estimate of drug-likeness (QED) is 0.268. The molecule has 4 aromatic rings. The number of benzene rings is 3. The maximum absolute atomic E-state index is 14.1. The van der Waals surface area contributed by atoms with E-state index in [2.05, 4.69) is 4.98 Å². The zero-order chi connectivity index (χ0) is 28.5. The van der Waals surface area contributed by atoms with Gasteiger partial charge in [0.25, 0.3) is 0 Å². The van der Waals surface area contributed by atoms with Gasteiger partial charge in [-0.2, -0.15) is 0 Å². The van der Waals surface area contributed by atoms with Crippen LogP contribution in [0.25, 0.3) is 5.57 Å². The number of amides is 2. The summed E-state index contributed by atoms with van der Waals surface area (Å²) in [6.07, 6.45) is 6.41. The molecule has 1 saturated heterocycles. The molecule has 3 aromatic carbocycles. The normalized spacial score (nSPS) is 18.4. The van der Waals surface area contributed by atoms with Gasteiger partial charge in [0, 0.05) is 0 Å². The van der Waals surface area contributed by atoms with E-state index >= 15 is 0 Å². The number of carbonyl (C=O) groups excluding carboxylic acids is 1. The molecule has 0 radical (unpaired) electrons. The number of hydroxylamine groups is 2. The second-order valence-electron chi connectivity index (χ2n) is 9.76. The van der Waals surface area contributed by atoms with Gasteiger partial charge in [0.1, 0.15) is 0 Å². The number of nitrogens with zero attached hydrogens (tertiary/aromatic N) is 3. The fourth-order valence-electron chi connectivity index (χ4n) is 5.64. The molecule has 2 aliphatic rings. The Morgan fingerprint density at radius 1 is 0.927 bits per heavy atom. The van der Waals surface area contributed by atoms with E-state index in [1.807, 2.05) is 104 Å². The average molecular weight is 590 g/mol. The first-order chi connectivity index (χ1) is 19.9. The van der Waals surface area contributed by atoms with Gasteiger partial charge < -0.3 is 0 Å². The summed E-state index contributed by atoms with van der Waals surface area (Å²) < 4.78 is 45.8. The predicted octanol–water partition coefficient (Wildman–Crippen LogP) is 4.35. The summed E-state index contributed by atoms with van der Waals surface area (Å²) in [4.78, 5) is 18.7. The van der Waals surface area contributed by atoms with Crippen LogP contribution in [-0.2, 0) is 18.7 Å². The van der Waals surface area contributed by atoms with Crippen LogP contribution in [0.5, 0.6) is 0 Å². The third kappa shape index (κ3) is 4.49. The monoisotopic (exact) mass is 589 g/mol. The van der Waals surface area contributed by atoms with Crippen LogP contribution in [0.1, 0.15) is 12.7 Å². The van der Waals surface area contributed by atoms with Crippen LogP contribution in [0.4, 0.5) is 4.79 Å². The third-order valence-corrected chi connectivity index (χ3v) is 14.5. The van der Waals surface area contributed by atoms with E-state index in [1.165, 1.54) is 11.3 Å². The molecule has 1 fully saturated rings. The number of rotatable bonds is 9. The van der Waals surface area contributed by atoms with Crippen LogP contribution >= 0.6 is 6.83 Å². The summed E-state index contributed by atoms with van der Waals surface area (Å²) in [6, 6.07) is 26.6. The van der Waals surface area contributed by atoms with Gasteiger partial charge in [-0.15, -0.1) is 0 Å². The Balaban J connectivity index is 1.50. The Morgan fingerprint density at radius 3 is 1.98 bits per heavy atom. The summed E-state index contributed by atoms with van der Waals surface area (Å²) in [5.41, 5.74) is 0.711. The Bertz CT molecular complexity index is 1610. The van der Waals surface area contributed by atoms with E-state index in [-0.39, 0.29) is 13.1 Å². The molecule has 41 heavy (non-hydrogen) atoms. The molecule has 2 bridgehead atoms. The third-order valence-electron chi connectivity index (χ3n) is 7.33. The van der Waals surface area contributed by atoms with Gasteiger partial charge in [-0.3, -0.25) is 0 Å². The summed E-state index contributed by atoms with van der Waals surface area (Å²) >= 11 is 0. The average Bonchev–Trinajstić information content (AvgIpc) is 3.62. The zero-order valence-electron chi connectivity index (χ0n) is 22.2. The minimum atomic E-state index is -4.87. The molecule has 11 heteroatoms. The predicted molar refractivity (Wildman–Crippen MR) is 158 cm³/mol. The molecule has 1 unspecified atom stereocenters. The second-order valence-corrected chi connectivity index (χ2v) is 15.4. The summed E-state index contributed by atoms with van der Waals surface area (Å²) in [5.74, 6) is 2.34. The van der Waals surface area contributed by atoms with E-state index in [4.69, 9.17) is 12.7 Å². The van der Waals surface area contributed by atoms with Crippen molar-refractivity contribution >= 4 is 44.7 Å². The van der Waals surface area contributed by atoms with Gasteiger partial charge in [-0.05, 0) is 0 Å². The van der Waals surface area contributed by atoms with E-state index in [1.54, 1.807) is 18.3 Å². The first-order valence-corrected chi connectivity index (χ1v) is 16.6. The number of urea groups is 1. The summed E-state index contributed by atoms with van der Waals surface area (Å²) in [5, 5.41) is 2.83. The van der Waals surface area contributed by atoms with Crippen molar-refractivity contribution in [3.63, 3.8) is 0 Å². The van der Waals surface area contributed by atoms with Gasteiger partial charge in [0.15, 0.2) is 0 Å². The van der Waals surface area contributed by atoms with E-state index in [0.717, 1.165) is 5.06 Å². The van der Waals surface area contributed by atoms with Crippen LogP contribution in [-0.4, -0.2) is 48.5 Å². The maximum atomic E-state index is 14.1. The Morgan fingerprint density at radius 2 is 1.49 bits per heavy atom. The van der Waals surface area contributed by atoms with Crippen molar-refractivity contribution in [1.82, 2.24) is 14.9 Å². The fraction of sp³-hybridized carbons (Fsp3) is 0.133. The summed E-state index contributed by atoms with van der Waals surface area (Å²) in [6.45, 7) is -2.08. The molecular weight excluding hydrogens is 561 g/mol. The van der Waals surface area contributed by atoms with Crippen LogP contribution < -0.4 is 15.9 Å². The Hall–Kier alpha value is -4.08. The fourth-order valence-corrected chi connectivity index (χ4v) is 13.1. The SMILES string of the molecule is CC=CP(OS(=O)(=O)ON1C(=O)N2CC(c3cnco3)=CC1C2)(c1ccccc1)(c1ccccc1)c1ccccc1. The van der Waals surface area contributed by atoms with Crippen LogP contribution in [0, 0.1) is 0 Å². The molecule has 3 heterocycles. The van der Waals surface area contributed by atoms with Crippen molar-refractivity contribution in [3.8, 4) is 0 Å².